The molecule has 4 nitrogen and oxygen atoms in total. The number of halogens is 1. The number of aliphatic imine (C=N–C) groups is 1. The van der Waals surface area contributed by atoms with Gasteiger partial charge in [-0.25, -0.2) is 4.98 Å². The summed E-state index contributed by atoms with van der Waals surface area (Å²) in [5.41, 5.74) is 2.21. The Balaban J connectivity index is 1.93. The predicted molar refractivity (Wildman–Crippen MR) is 94.6 cm³/mol. The molecule has 0 aliphatic heterocycles. The monoisotopic (exact) mass is 336 g/mol. The Morgan fingerprint density at radius 2 is 2.27 bits per heavy atom. The number of thiazole rings is 1. The Bertz CT molecular complexity index is 639. The second-order valence-corrected chi connectivity index (χ2v) is 6.35. The summed E-state index contributed by atoms with van der Waals surface area (Å²) in [7, 11) is 3.80. The number of aromatic nitrogens is 1. The number of benzene rings is 1. The van der Waals surface area contributed by atoms with Gasteiger partial charge in [-0.15, -0.1) is 11.3 Å². The first-order chi connectivity index (χ1) is 10.6. The zero-order chi connectivity index (χ0) is 15.9. The van der Waals surface area contributed by atoms with Crippen LogP contribution in [0.4, 0.5) is 0 Å². The maximum atomic E-state index is 6.03. The zero-order valence-corrected chi connectivity index (χ0v) is 14.7. The molecule has 0 unspecified atom stereocenters. The summed E-state index contributed by atoms with van der Waals surface area (Å²) in [5, 5.41) is 7.36. The van der Waals surface area contributed by atoms with E-state index in [1.807, 2.05) is 25.2 Å². The number of nitrogens with one attached hydrogen (secondary N) is 1. The molecule has 0 aliphatic carbocycles. The maximum Gasteiger partial charge on any atom is 0.194 e. The number of rotatable bonds is 5. The minimum Gasteiger partial charge on any atom is -0.351 e. The Kier molecular flexibility index (Phi) is 6.21. The van der Waals surface area contributed by atoms with Gasteiger partial charge in [0.2, 0.25) is 0 Å². The molecule has 1 N–H and O–H groups in total. The minimum atomic E-state index is 0.684. The van der Waals surface area contributed by atoms with Crippen LogP contribution in [-0.4, -0.2) is 29.9 Å². The second kappa shape index (κ2) is 8.15. The molecule has 1 heterocycles. The summed E-state index contributed by atoms with van der Waals surface area (Å²) in [6.07, 6.45) is 0.980. The summed E-state index contributed by atoms with van der Waals surface area (Å²) in [6.45, 7) is 3.55. The summed E-state index contributed by atoms with van der Waals surface area (Å²) < 4.78 is 0. The van der Waals surface area contributed by atoms with Gasteiger partial charge in [0.05, 0.1) is 17.2 Å². The van der Waals surface area contributed by atoms with Gasteiger partial charge < -0.3 is 10.2 Å². The van der Waals surface area contributed by atoms with E-state index in [0.29, 0.717) is 6.54 Å². The molecule has 118 valence electrons. The first kappa shape index (κ1) is 16.8. The summed E-state index contributed by atoms with van der Waals surface area (Å²) in [5.74, 6) is 0.839. The van der Waals surface area contributed by atoms with Gasteiger partial charge >= 0.3 is 0 Å². The largest absolute Gasteiger partial charge is 0.351 e. The van der Waals surface area contributed by atoms with Crippen molar-refractivity contribution in [3.8, 4) is 0 Å². The Morgan fingerprint density at radius 1 is 1.45 bits per heavy atom. The van der Waals surface area contributed by atoms with Crippen molar-refractivity contribution in [2.75, 3.05) is 14.1 Å². The Labute approximate surface area is 140 Å². The van der Waals surface area contributed by atoms with Crippen molar-refractivity contribution >= 4 is 28.9 Å². The highest BCUT2D eigenvalue weighted by Crippen LogP contribution is 2.13. The summed E-state index contributed by atoms with van der Waals surface area (Å²) in [4.78, 5) is 10.9. The van der Waals surface area contributed by atoms with Gasteiger partial charge in [0.15, 0.2) is 5.96 Å². The van der Waals surface area contributed by atoms with Crippen LogP contribution in [0.5, 0.6) is 0 Å². The van der Waals surface area contributed by atoms with E-state index in [1.165, 1.54) is 5.01 Å². The molecular formula is C16H21ClN4S. The fourth-order valence-corrected chi connectivity index (χ4v) is 3.09. The molecule has 0 saturated heterocycles. The van der Waals surface area contributed by atoms with Crippen LogP contribution < -0.4 is 5.32 Å². The summed E-state index contributed by atoms with van der Waals surface area (Å²) in [6, 6.07) is 7.87. The van der Waals surface area contributed by atoms with Crippen molar-refractivity contribution < 1.29 is 0 Å². The number of nitrogens with zero attached hydrogens (tertiary/aromatic N) is 3. The van der Waals surface area contributed by atoms with Crippen LogP contribution in [0.25, 0.3) is 0 Å². The van der Waals surface area contributed by atoms with Crippen LogP contribution >= 0.6 is 22.9 Å². The SMILES string of the molecule is CCc1nc(CNC(=NC)N(C)Cc2cccc(Cl)c2)cs1. The molecule has 0 bridgehead atoms. The highest BCUT2D eigenvalue weighted by molar-refractivity contribution is 7.09. The fraction of sp³-hybridized carbons (Fsp3) is 0.375. The molecule has 0 radical (unpaired) electrons. The third-order valence-corrected chi connectivity index (χ3v) is 4.49. The van der Waals surface area contributed by atoms with E-state index >= 15 is 0 Å². The molecular weight excluding hydrogens is 316 g/mol. The lowest BCUT2D eigenvalue weighted by molar-refractivity contribution is 0.476. The fourth-order valence-electron chi connectivity index (χ4n) is 2.13. The average Bonchev–Trinajstić information content (AvgIpc) is 2.96. The van der Waals surface area contributed by atoms with Gasteiger partial charge in [-0.2, -0.15) is 0 Å². The molecule has 2 rings (SSSR count). The second-order valence-electron chi connectivity index (χ2n) is 4.97. The van der Waals surface area contributed by atoms with Crippen LogP contribution in [-0.2, 0) is 19.5 Å². The lowest BCUT2D eigenvalue weighted by atomic mass is 10.2. The predicted octanol–water partition coefficient (Wildman–Crippen LogP) is 3.57. The van der Waals surface area contributed by atoms with Crippen molar-refractivity contribution in [3.63, 3.8) is 0 Å². The van der Waals surface area contributed by atoms with E-state index in [-0.39, 0.29) is 0 Å². The molecule has 0 saturated carbocycles. The zero-order valence-electron chi connectivity index (χ0n) is 13.1. The van der Waals surface area contributed by atoms with Gasteiger partial charge in [-0.3, -0.25) is 4.99 Å². The highest BCUT2D eigenvalue weighted by Gasteiger charge is 2.08. The third kappa shape index (κ3) is 4.71. The van der Waals surface area contributed by atoms with E-state index in [2.05, 4.69) is 38.6 Å². The lowest BCUT2D eigenvalue weighted by Gasteiger charge is -2.22. The molecule has 0 spiro atoms. The number of aryl methyl sites for hydroxylation is 1. The van der Waals surface area contributed by atoms with Crippen molar-refractivity contribution in [2.45, 2.75) is 26.4 Å². The van der Waals surface area contributed by atoms with Crippen LogP contribution in [0.3, 0.4) is 0 Å². The minimum absolute atomic E-state index is 0.684. The van der Waals surface area contributed by atoms with Crippen LogP contribution in [0.1, 0.15) is 23.2 Å². The van der Waals surface area contributed by atoms with Crippen LogP contribution in [0.2, 0.25) is 5.02 Å². The van der Waals surface area contributed by atoms with Crippen molar-refractivity contribution in [1.82, 2.24) is 15.2 Å². The molecule has 22 heavy (non-hydrogen) atoms. The molecule has 0 fully saturated rings. The van der Waals surface area contributed by atoms with E-state index in [4.69, 9.17) is 11.6 Å². The third-order valence-electron chi connectivity index (χ3n) is 3.21. The molecule has 0 atom stereocenters. The molecule has 2 aromatic rings. The average molecular weight is 337 g/mol. The van der Waals surface area contributed by atoms with Crippen LogP contribution in [0, 0.1) is 0 Å². The quantitative estimate of drug-likeness (QED) is 0.670. The van der Waals surface area contributed by atoms with Gasteiger partial charge in [-0.05, 0) is 24.1 Å². The molecule has 0 aliphatic rings. The molecule has 1 aromatic carbocycles. The van der Waals surface area contributed by atoms with E-state index in [1.54, 1.807) is 18.4 Å². The van der Waals surface area contributed by atoms with Crippen molar-refractivity contribution in [1.29, 1.82) is 0 Å². The lowest BCUT2D eigenvalue weighted by Crippen LogP contribution is -2.38. The molecule has 6 heteroatoms. The van der Waals surface area contributed by atoms with E-state index in [9.17, 15) is 0 Å². The van der Waals surface area contributed by atoms with Gasteiger partial charge in [-0.1, -0.05) is 30.7 Å². The number of hydrogen-bond donors (Lipinski definition) is 1. The van der Waals surface area contributed by atoms with Crippen molar-refractivity contribution in [3.05, 3.63) is 50.9 Å². The topological polar surface area (TPSA) is 40.5 Å². The molecule has 0 amide bonds. The Morgan fingerprint density at radius 3 is 2.91 bits per heavy atom. The maximum absolute atomic E-state index is 6.03. The normalized spacial score (nSPS) is 11.5. The van der Waals surface area contributed by atoms with Crippen molar-refractivity contribution in [2.24, 2.45) is 4.99 Å². The van der Waals surface area contributed by atoms with E-state index < -0.39 is 0 Å². The first-order valence-corrected chi connectivity index (χ1v) is 8.47. The molecule has 1 aromatic heterocycles. The first-order valence-electron chi connectivity index (χ1n) is 7.22. The Hall–Kier alpha value is -1.59. The standard InChI is InChI=1S/C16H21ClN4S/c1-4-15-20-14(11-22-15)9-19-16(18-2)21(3)10-12-6-5-7-13(17)8-12/h5-8,11H,4,9-10H2,1-3H3,(H,18,19). The van der Waals surface area contributed by atoms with Gasteiger partial charge in [0, 0.05) is 31.0 Å². The van der Waals surface area contributed by atoms with Gasteiger partial charge in [0.25, 0.3) is 0 Å². The van der Waals surface area contributed by atoms with Gasteiger partial charge in [0.1, 0.15) is 0 Å². The summed E-state index contributed by atoms with van der Waals surface area (Å²) >= 11 is 7.73. The number of guanidine groups is 1. The van der Waals surface area contributed by atoms with E-state index in [0.717, 1.165) is 35.2 Å². The van der Waals surface area contributed by atoms with Crippen LogP contribution in [0.15, 0.2) is 34.6 Å². The number of hydrogen-bond acceptors (Lipinski definition) is 3. The highest BCUT2D eigenvalue weighted by atomic mass is 35.5. The smallest absolute Gasteiger partial charge is 0.194 e.